The lowest BCUT2D eigenvalue weighted by molar-refractivity contribution is -0.167. The first-order chi connectivity index (χ1) is 28.5. The van der Waals surface area contributed by atoms with E-state index in [0.29, 0.717) is 19.3 Å². The summed E-state index contributed by atoms with van der Waals surface area (Å²) in [5, 5.41) is 0. The maximum atomic E-state index is 12.7. The highest BCUT2D eigenvalue weighted by Crippen LogP contribution is 2.14. The highest BCUT2D eigenvalue weighted by atomic mass is 16.6. The van der Waals surface area contributed by atoms with Crippen molar-refractivity contribution in [2.24, 2.45) is 0 Å². The van der Waals surface area contributed by atoms with Crippen LogP contribution < -0.4 is 0 Å². The first kappa shape index (κ1) is 55.1. The molecule has 6 nitrogen and oxygen atoms in total. The molecule has 0 N–H and O–H groups in total. The topological polar surface area (TPSA) is 78.9 Å². The molecule has 0 rings (SSSR count). The van der Waals surface area contributed by atoms with E-state index in [4.69, 9.17) is 14.2 Å². The van der Waals surface area contributed by atoms with Crippen molar-refractivity contribution >= 4 is 17.9 Å². The van der Waals surface area contributed by atoms with Crippen LogP contribution in [0.15, 0.2) is 60.8 Å². The predicted octanol–water partition coefficient (Wildman–Crippen LogP) is 15.7. The van der Waals surface area contributed by atoms with E-state index in [0.717, 1.165) is 89.9 Å². The van der Waals surface area contributed by atoms with Gasteiger partial charge in [0, 0.05) is 19.3 Å². The molecule has 0 aromatic carbocycles. The second-order valence-electron chi connectivity index (χ2n) is 16.0. The van der Waals surface area contributed by atoms with Gasteiger partial charge < -0.3 is 14.2 Å². The van der Waals surface area contributed by atoms with E-state index in [9.17, 15) is 14.4 Å². The molecule has 334 valence electrons. The average Bonchev–Trinajstić information content (AvgIpc) is 3.22. The molecule has 0 amide bonds. The summed E-state index contributed by atoms with van der Waals surface area (Å²) in [5.41, 5.74) is 0. The molecule has 0 heterocycles. The fourth-order valence-corrected chi connectivity index (χ4v) is 6.60. The molecule has 0 radical (unpaired) electrons. The van der Waals surface area contributed by atoms with E-state index in [1.54, 1.807) is 0 Å². The van der Waals surface area contributed by atoms with Crippen molar-refractivity contribution in [3.63, 3.8) is 0 Å². The molecule has 1 atom stereocenters. The summed E-state index contributed by atoms with van der Waals surface area (Å²) in [6, 6.07) is 0. The van der Waals surface area contributed by atoms with Gasteiger partial charge in [-0.15, -0.1) is 0 Å². The molecular weight excluding hydrogens is 721 g/mol. The van der Waals surface area contributed by atoms with Crippen molar-refractivity contribution in [2.75, 3.05) is 13.2 Å². The maximum absolute atomic E-state index is 12.7. The van der Waals surface area contributed by atoms with E-state index in [1.165, 1.54) is 103 Å². The Bertz CT molecular complexity index is 1070. The molecule has 0 saturated heterocycles. The lowest BCUT2D eigenvalue weighted by Crippen LogP contribution is -2.30. The van der Waals surface area contributed by atoms with Crippen molar-refractivity contribution in [2.45, 2.75) is 239 Å². The van der Waals surface area contributed by atoms with Crippen LogP contribution in [0.5, 0.6) is 0 Å². The van der Waals surface area contributed by atoms with Crippen molar-refractivity contribution in [1.29, 1.82) is 0 Å². The van der Waals surface area contributed by atoms with E-state index in [2.05, 4.69) is 81.5 Å². The number of ether oxygens (including phenoxy) is 3. The molecule has 0 fully saturated rings. The Morgan fingerprint density at radius 3 is 1.07 bits per heavy atom. The number of rotatable bonds is 43. The molecule has 0 spiro atoms. The quantitative estimate of drug-likeness (QED) is 0.0264. The number of esters is 3. The van der Waals surface area contributed by atoms with Gasteiger partial charge in [-0.3, -0.25) is 14.4 Å². The zero-order valence-corrected chi connectivity index (χ0v) is 38.0. The molecule has 0 bridgehead atoms. The number of unbranched alkanes of at least 4 members (excludes halogenated alkanes) is 22. The van der Waals surface area contributed by atoms with Gasteiger partial charge in [0.25, 0.3) is 0 Å². The van der Waals surface area contributed by atoms with E-state index >= 15 is 0 Å². The van der Waals surface area contributed by atoms with Crippen LogP contribution in [0.25, 0.3) is 0 Å². The highest BCUT2D eigenvalue weighted by molar-refractivity contribution is 5.71. The van der Waals surface area contributed by atoms with Gasteiger partial charge in [0.2, 0.25) is 0 Å². The Labute approximate surface area is 358 Å². The SMILES string of the molecule is CC/C=C\C/C=C\C/C=C\CCCCCC(=O)OC(COC(=O)CCCCCCCC)COC(=O)CCCCCCCCCCC/C=C\C/C=C\CCCCCCC. The fourth-order valence-electron chi connectivity index (χ4n) is 6.60. The zero-order chi connectivity index (χ0) is 42.3. The Balaban J connectivity index is 4.22. The van der Waals surface area contributed by atoms with Crippen LogP contribution in [0.4, 0.5) is 0 Å². The third-order valence-electron chi connectivity index (χ3n) is 10.3. The third kappa shape index (κ3) is 44.2. The molecule has 6 heteroatoms. The molecule has 0 aliphatic rings. The van der Waals surface area contributed by atoms with Crippen molar-refractivity contribution < 1.29 is 28.6 Å². The van der Waals surface area contributed by atoms with Crippen LogP contribution in [0.2, 0.25) is 0 Å². The van der Waals surface area contributed by atoms with Gasteiger partial charge in [-0.2, -0.15) is 0 Å². The van der Waals surface area contributed by atoms with Crippen LogP contribution in [0.3, 0.4) is 0 Å². The van der Waals surface area contributed by atoms with Gasteiger partial charge in [-0.05, 0) is 83.5 Å². The number of carbonyl (C=O) groups is 3. The summed E-state index contributed by atoms with van der Waals surface area (Å²) in [6.07, 6.45) is 56.6. The van der Waals surface area contributed by atoms with Crippen LogP contribution in [0.1, 0.15) is 233 Å². The zero-order valence-electron chi connectivity index (χ0n) is 38.0. The summed E-state index contributed by atoms with van der Waals surface area (Å²) in [4.78, 5) is 37.6. The minimum absolute atomic E-state index is 0.0878. The van der Waals surface area contributed by atoms with E-state index in [1.807, 2.05) is 0 Å². The van der Waals surface area contributed by atoms with Crippen molar-refractivity contribution in [3.05, 3.63) is 60.8 Å². The highest BCUT2D eigenvalue weighted by Gasteiger charge is 2.19. The summed E-state index contributed by atoms with van der Waals surface area (Å²) in [5.74, 6) is -0.932. The first-order valence-electron chi connectivity index (χ1n) is 24.3. The van der Waals surface area contributed by atoms with Crippen molar-refractivity contribution in [3.8, 4) is 0 Å². The Morgan fingerprint density at radius 1 is 0.362 bits per heavy atom. The normalized spacial score (nSPS) is 12.5. The van der Waals surface area contributed by atoms with Crippen LogP contribution in [-0.2, 0) is 28.6 Å². The molecule has 0 aliphatic heterocycles. The van der Waals surface area contributed by atoms with E-state index in [-0.39, 0.29) is 31.1 Å². The molecule has 0 aromatic rings. The number of allylic oxidation sites excluding steroid dienone is 10. The molecular formula is C52H90O6. The van der Waals surface area contributed by atoms with Crippen molar-refractivity contribution in [1.82, 2.24) is 0 Å². The number of carbonyl (C=O) groups excluding carboxylic acids is 3. The van der Waals surface area contributed by atoms with Gasteiger partial charge in [0.15, 0.2) is 6.10 Å². The van der Waals surface area contributed by atoms with Gasteiger partial charge >= 0.3 is 17.9 Å². The summed E-state index contributed by atoms with van der Waals surface area (Å²) in [6.45, 7) is 6.42. The Hall–Kier alpha value is -2.89. The Morgan fingerprint density at radius 2 is 0.672 bits per heavy atom. The van der Waals surface area contributed by atoms with Gasteiger partial charge in [0.1, 0.15) is 13.2 Å². The first-order valence-corrected chi connectivity index (χ1v) is 24.3. The predicted molar refractivity (Wildman–Crippen MR) is 247 cm³/mol. The lowest BCUT2D eigenvalue weighted by atomic mass is 10.1. The fraction of sp³-hybridized carbons (Fsp3) is 0.750. The van der Waals surface area contributed by atoms with E-state index < -0.39 is 6.10 Å². The van der Waals surface area contributed by atoms with Gasteiger partial charge in [-0.1, -0.05) is 191 Å². The standard InChI is InChI=1S/C52H90O6/c1-4-7-10-13-16-18-20-22-23-24-25-26-27-28-29-31-32-34-36-39-42-45-51(54)57-48-49(47-56-50(53)44-41-38-15-12-9-6-3)58-52(55)46-43-40-37-35-33-30-21-19-17-14-11-8-5-2/h8,11,17,19-20,22,24-25,30,33,49H,4-7,9-10,12-16,18,21,23,26-29,31-32,34-48H2,1-3H3/b11-8-,19-17-,22-20-,25-24-,33-30-. The summed E-state index contributed by atoms with van der Waals surface area (Å²) in [7, 11) is 0. The third-order valence-corrected chi connectivity index (χ3v) is 10.3. The largest absolute Gasteiger partial charge is 0.462 e. The minimum Gasteiger partial charge on any atom is -0.462 e. The van der Waals surface area contributed by atoms with Crippen LogP contribution >= 0.6 is 0 Å². The number of hydrogen-bond donors (Lipinski definition) is 0. The smallest absolute Gasteiger partial charge is 0.306 e. The number of hydrogen-bond acceptors (Lipinski definition) is 6. The molecule has 58 heavy (non-hydrogen) atoms. The maximum Gasteiger partial charge on any atom is 0.306 e. The molecule has 1 unspecified atom stereocenters. The summed E-state index contributed by atoms with van der Waals surface area (Å²) < 4.78 is 16.6. The van der Waals surface area contributed by atoms with Crippen LogP contribution in [0, 0.1) is 0 Å². The van der Waals surface area contributed by atoms with Crippen LogP contribution in [-0.4, -0.2) is 37.2 Å². The molecule has 0 aromatic heterocycles. The average molecular weight is 811 g/mol. The second-order valence-corrected chi connectivity index (χ2v) is 16.0. The Kier molecular flexibility index (Phi) is 44.5. The van der Waals surface area contributed by atoms with Gasteiger partial charge in [-0.25, -0.2) is 0 Å². The molecule has 0 aliphatic carbocycles. The molecule has 0 saturated carbocycles. The van der Waals surface area contributed by atoms with Gasteiger partial charge in [0.05, 0.1) is 0 Å². The lowest BCUT2D eigenvalue weighted by Gasteiger charge is -2.18. The minimum atomic E-state index is -0.786. The monoisotopic (exact) mass is 811 g/mol. The second kappa shape index (κ2) is 46.8. The summed E-state index contributed by atoms with van der Waals surface area (Å²) >= 11 is 0.